The molecule has 0 aromatic heterocycles. The molecule has 0 saturated carbocycles. The van der Waals surface area contributed by atoms with Crippen LogP contribution in [0.1, 0.15) is 35.6 Å². The predicted molar refractivity (Wildman–Crippen MR) is 142 cm³/mol. The molecule has 6 heteroatoms. The van der Waals surface area contributed by atoms with E-state index in [-0.39, 0.29) is 30.9 Å². The van der Waals surface area contributed by atoms with E-state index in [9.17, 15) is 19.8 Å². The predicted octanol–water partition coefficient (Wildman–Crippen LogP) is 3.95. The van der Waals surface area contributed by atoms with Crippen molar-refractivity contribution in [2.24, 2.45) is 5.92 Å². The van der Waals surface area contributed by atoms with Gasteiger partial charge < -0.3 is 20.0 Å². The summed E-state index contributed by atoms with van der Waals surface area (Å²) in [5, 5.41) is 21.7. The summed E-state index contributed by atoms with van der Waals surface area (Å²) in [5.74, 6) is -1.01. The zero-order valence-corrected chi connectivity index (χ0v) is 21.0. The Morgan fingerprint density at radius 1 is 1.03 bits per heavy atom. The number of aliphatic hydroxyl groups is 2. The van der Waals surface area contributed by atoms with E-state index in [1.807, 2.05) is 72.8 Å². The molecule has 3 aromatic carbocycles. The van der Waals surface area contributed by atoms with Crippen molar-refractivity contribution in [1.82, 2.24) is 4.90 Å². The summed E-state index contributed by atoms with van der Waals surface area (Å²) in [6, 6.07) is 24.8. The van der Waals surface area contributed by atoms with Gasteiger partial charge in [0, 0.05) is 24.4 Å². The molecule has 190 valence electrons. The Labute approximate surface area is 217 Å². The van der Waals surface area contributed by atoms with Crippen LogP contribution in [0.4, 0.5) is 5.69 Å². The van der Waals surface area contributed by atoms with Gasteiger partial charge in [-0.2, -0.15) is 0 Å². The lowest BCUT2D eigenvalue weighted by Crippen LogP contribution is -2.46. The molecule has 0 radical (unpaired) electrons. The van der Waals surface area contributed by atoms with Crippen LogP contribution >= 0.6 is 0 Å². The van der Waals surface area contributed by atoms with Gasteiger partial charge in [0.05, 0.1) is 24.9 Å². The van der Waals surface area contributed by atoms with Crippen LogP contribution in [-0.2, 0) is 34.7 Å². The van der Waals surface area contributed by atoms with Gasteiger partial charge in [0.2, 0.25) is 5.91 Å². The first-order chi connectivity index (χ1) is 17.9. The number of amides is 2. The van der Waals surface area contributed by atoms with E-state index in [0.29, 0.717) is 30.8 Å². The maximum Gasteiger partial charge on any atom is 0.264 e. The van der Waals surface area contributed by atoms with Crippen molar-refractivity contribution in [3.05, 3.63) is 113 Å². The third kappa shape index (κ3) is 4.59. The van der Waals surface area contributed by atoms with Crippen molar-refractivity contribution in [3.63, 3.8) is 0 Å². The molecular formula is C31H32N2O4. The van der Waals surface area contributed by atoms with Crippen molar-refractivity contribution < 1.29 is 19.8 Å². The van der Waals surface area contributed by atoms with Crippen LogP contribution in [0, 0.1) is 5.92 Å². The van der Waals surface area contributed by atoms with Gasteiger partial charge in [0.1, 0.15) is 0 Å². The number of carbonyl (C=O) groups excluding carboxylic acids is 2. The van der Waals surface area contributed by atoms with E-state index >= 15 is 0 Å². The van der Waals surface area contributed by atoms with E-state index in [4.69, 9.17) is 0 Å². The fraction of sp³-hybridized carbons (Fsp3) is 0.290. The molecule has 0 saturated heterocycles. The van der Waals surface area contributed by atoms with Gasteiger partial charge in [-0.3, -0.25) is 9.59 Å². The second-order valence-electron chi connectivity index (χ2n) is 9.91. The topological polar surface area (TPSA) is 81.1 Å². The zero-order valence-electron chi connectivity index (χ0n) is 21.0. The number of nitrogens with zero attached hydrogens (tertiary/aromatic N) is 2. The van der Waals surface area contributed by atoms with Gasteiger partial charge in [-0.25, -0.2) is 0 Å². The first kappa shape index (κ1) is 24.9. The second-order valence-corrected chi connectivity index (χ2v) is 9.91. The van der Waals surface area contributed by atoms with E-state index < -0.39 is 11.5 Å². The molecule has 5 rings (SSSR count). The quantitative estimate of drug-likeness (QED) is 0.486. The molecule has 37 heavy (non-hydrogen) atoms. The van der Waals surface area contributed by atoms with E-state index in [2.05, 4.69) is 0 Å². The number of benzene rings is 3. The van der Waals surface area contributed by atoms with E-state index in [0.717, 1.165) is 16.7 Å². The SMILES string of the molecule is C[C@H](/C=C/CC(=O)N1Cc2ccccc2C[C@H]1CO)[C@@]1(O)C(=O)N(Cc2ccccc2)c2ccccc21. The Kier molecular flexibility index (Phi) is 6.96. The smallest absolute Gasteiger partial charge is 0.264 e. The van der Waals surface area contributed by atoms with E-state index in [1.54, 1.807) is 34.9 Å². The Morgan fingerprint density at radius 3 is 2.46 bits per heavy atom. The number of carbonyl (C=O) groups is 2. The van der Waals surface area contributed by atoms with E-state index in [1.165, 1.54) is 0 Å². The number of aliphatic hydroxyl groups excluding tert-OH is 1. The number of hydrogen-bond donors (Lipinski definition) is 2. The molecule has 0 aliphatic carbocycles. The van der Waals surface area contributed by atoms with Crippen molar-refractivity contribution >= 4 is 17.5 Å². The van der Waals surface area contributed by atoms with Gasteiger partial charge in [-0.15, -0.1) is 0 Å². The van der Waals surface area contributed by atoms with Crippen LogP contribution in [0.2, 0.25) is 0 Å². The summed E-state index contributed by atoms with van der Waals surface area (Å²) in [6.45, 7) is 2.54. The van der Waals surface area contributed by atoms with Gasteiger partial charge >= 0.3 is 0 Å². The highest BCUT2D eigenvalue weighted by Gasteiger charge is 2.52. The Balaban J connectivity index is 1.32. The van der Waals surface area contributed by atoms with Crippen molar-refractivity contribution in [1.29, 1.82) is 0 Å². The molecule has 2 aliphatic rings. The molecule has 6 nitrogen and oxygen atoms in total. The lowest BCUT2D eigenvalue weighted by molar-refractivity contribution is -0.139. The van der Waals surface area contributed by atoms with Crippen LogP contribution in [0.3, 0.4) is 0 Å². The number of anilines is 1. The lowest BCUT2D eigenvalue weighted by Gasteiger charge is -2.36. The van der Waals surface area contributed by atoms with Crippen molar-refractivity contribution in [3.8, 4) is 0 Å². The van der Waals surface area contributed by atoms with Crippen LogP contribution < -0.4 is 4.90 Å². The largest absolute Gasteiger partial charge is 0.394 e. The van der Waals surface area contributed by atoms with Gasteiger partial charge in [-0.1, -0.05) is 91.9 Å². The molecular weight excluding hydrogens is 464 g/mol. The maximum absolute atomic E-state index is 13.6. The zero-order chi connectivity index (χ0) is 26.0. The van der Waals surface area contributed by atoms with Crippen LogP contribution in [0.25, 0.3) is 0 Å². The summed E-state index contributed by atoms with van der Waals surface area (Å²) in [7, 11) is 0. The maximum atomic E-state index is 13.6. The molecule has 0 fully saturated rings. The average molecular weight is 497 g/mol. The third-order valence-electron chi connectivity index (χ3n) is 7.62. The Morgan fingerprint density at radius 2 is 1.70 bits per heavy atom. The second kappa shape index (κ2) is 10.3. The first-order valence-corrected chi connectivity index (χ1v) is 12.7. The molecule has 0 unspecified atom stereocenters. The van der Waals surface area contributed by atoms with Crippen molar-refractivity contribution in [2.45, 2.75) is 44.5 Å². The summed E-state index contributed by atoms with van der Waals surface area (Å²) >= 11 is 0. The monoisotopic (exact) mass is 496 g/mol. The highest BCUT2D eigenvalue weighted by Crippen LogP contribution is 2.45. The molecule has 3 atom stereocenters. The summed E-state index contributed by atoms with van der Waals surface area (Å²) < 4.78 is 0. The Bertz CT molecular complexity index is 1320. The summed E-state index contributed by atoms with van der Waals surface area (Å²) in [4.78, 5) is 30.1. The minimum Gasteiger partial charge on any atom is -0.394 e. The number of fused-ring (bicyclic) bond motifs is 2. The summed E-state index contributed by atoms with van der Waals surface area (Å²) in [5.41, 5.74) is 2.79. The van der Waals surface area contributed by atoms with Crippen LogP contribution in [0.5, 0.6) is 0 Å². The summed E-state index contributed by atoms with van der Waals surface area (Å²) in [6.07, 6.45) is 4.24. The minimum atomic E-state index is -1.72. The molecule has 3 aromatic rings. The normalized spacial score (nSPS) is 21.7. The van der Waals surface area contributed by atoms with Crippen molar-refractivity contribution in [2.75, 3.05) is 11.5 Å². The lowest BCUT2D eigenvalue weighted by atomic mass is 9.83. The average Bonchev–Trinajstić information content (AvgIpc) is 3.15. The minimum absolute atomic E-state index is 0.0900. The fourth-order valence-corrected chi connectivity index (χ4v) is 5.50. The van der Waals surface area contributed by atoms with Crippen LogP contribution in [-0.4, -0.2) is 39.6 Å². The standard InChI is InChI=1S/C31H32N2O4/c1-22(10-9-17-29(35)32-20-25-14-6-5-13-24(25)18-26(32)21-34)31(37)27-15-7-8-16-28(27)33(30(31)36)19-23-11-3-2-4-12-23/h2-16,22,26,34,37H,17-21H2,1H3/b10-9+/t22-,26+,31+/m1/s1. The highest BCUT2D eigenvalue weighted by atomic mass is 16.3. The molecule has 2 heterocycles. The first-order valence-electron chi connectivity index (χ1n) is 12.7. The molecule has 2 aliphatic heterocycles. The third-order valence-corrected chi connectivity index (χ3v) is 7.62. The highest BCUT2D eigenvalue weighted by molar-refractivity contribution is 6.07. The molecule has 2 N–H and O–H groups in total. The number of para-hydroxylation sites is 1. The van der Waals surface area contributed by atoms with Gasteiger partial charge in [0.25, 0.3) is 5.91 Å². The molecule has 0 bridgehead atoms. The number of rotatable bonds is 7. The molecule has 0 spiro atoms. The fourth-order valence-electron chi connectivity index (χ4n) is 5.50. The Hall–Kier alpha value is -3.74. The number of hydrogen-bond acceptors (Lipinski definition) is 4. The van der Waals surface area contributed by atoms with Gasteiger partial charge in [-0.05, 0) is 29.2 Å². The molecule has 2 amide bonds. The van der Waals surface area contributed by atoms with Gasteiger partial charge in [0.15, 0.2) is 5.60 Å². The van der Waals surface area contributed by atoms with Crippen LogP contribution in [0.15, 0.2) is 91.0 Å².